The lowest BCUT2D eigenvalue weighted by Gasteiger charge is -2.03. The molecule has 3 N–H and O–H groups in total. The van der Waals surface area contributed by atoms with Gasteiger partial charge < -0.3 is 10.8 Å². The lowest BCUT2D eigenvalue weighted by atomic mass is 10.1. The maximum absolute atomic E-state index is 12.9. The van der Waals surface area contributed by atoms with E-state index in [-0.39, 0.29) is 5.75 Å². The van der Waals surface area contributed by atoms with Gasteiger partial charge in [-0.25, -0.2) is 4.39 Å². The molecule has 0 radical (unpaired) electrons. The van der Waals surface area contributed by atoms with Crippen LogP contribution in [0.25, 0.3) is 11.1 Å². The van der Waals surface area contributed by atoms with Crippen molar-refractivity contribution < 1.29 is 9.50 Å². The lowest BCUT2D eigenvalue weighted by molar-refractivity contribution is 0.478. The number of nitrogens with two attached hydrogens (primary N) is 1. The highest BCUT2D eigenvalue weighted by molar-refractivity contribution is 5.68. The van der Waals surface area contributed by atoms with Gasteiger partial charge >= 0.3 is 0 Å². The van der Waals surface area contributed by atoms with E-state index < -0.39 is 5.82 Å². The van der Waals surface area contributed by atoms with Crippen molar-refractivity contribution in [1.29, 1.82) is 0 Å². The predicted octanol–water partition coefficient (Wildman–Crippen LogP) is 2.18. The van der Waals surface area contributed by atoms with Crippen LogP contribution in [0.15, 0.2) is 36.7 Å². The molecule has 0 aliphatic heterocycles. The SMILES string of the molecule is Nc1ccc(-c2cncc(F)c2)cc1O. The summed E-state index contributed by atoms with van der Waals surface area (Å²) in [6.45, 7) is 0. The average Bonchev–Trinajstić information content (AvgIpc) is 2.22. The Morgan fingerprint density at radius 2 is 1.93 bits per heavy atom. The fourth-order valence-electron chi connectivity index (χ4n) is 1.29. The Morgan fingerprint density at radius 1 is 1.13 bits per heavy atom. The highest BCUT2D eigenvalue weighted by atomic mass is 19.1. The largest absolute Gasteiger partial charge is 0.506 e. The van der Waals surface area contributed by atoms with Gasteiger partial charge in [-0.2, -0.15) is 0 Å². The van der Waals surface area contributed by atoms with Gasteiger partial charge in [-0.1, -0.05) is 6.07 Å². The Hall–Kier alpha value is -2.10. The van der Waals surface area contributed by atoms with Crippen molar-refractivity contribution in [3.05, 3.63) is 42.5 Å². The number of nitrogens with zero attached hydrogens (tertiary/aromatic N) is 1. The Morgan fingerprint density at radius 3 is 2.60 bits per heavy atom. The smallest absolute Gasteiger partial charge is 0.142 e. The standard InChI is InChI=1S/C11H9FN2O/c12-9-3-8(5-14-6-9)7-1-2-10(13)11(15)4-7/h1-6,15H,13H2. The number of phenolic OH excluding ortho intramolecular Hbond substituents is 1. The first-order valence-corrected chi connectivity index (χ1v) is 4.36. The van der Waals surface area contributed by atoms with Crippen LogP contribution in [-0.2, 0) is 0 Å². The Labute approximate surface area is 86.0 Å². The van der Waals surface area contributed by atoms with Crippen LogP contribution in [0, 0.1) is 5.82 Å². The second kappa shape index (κ2) is 3.57. The molecule has 0 spiro atoms. The summed E-state index contributed by atoms with van der Waals surface area (Å²) >= 11 is 0. The minimum atomic E-state index is -0.413. The third kappa shape index (κ3) is 1.88. The number of aromatic hydroxyl groups is 1. The van der Waals surface area contributed by atoms with Crippen LogP contribution in [0.4, 0.5) is 10.1 Å². The predicted molar refractivity (Wildman–Crippen MR) is 55.7 cm³/mol. The van der Waals surface area contributed by atoms with Crippen LogP contribution < -0.4 is 5.73 Å². The number of pyridine rings is 1. The maximum atomic E-state index is 12.9. The summed E-state index contributed by atoms with van der Waals surface area (Å²) in [5, 5.41) is 9.39. The highest BCUT2D eigenvalue weighted by Gasteiger charge is 2.03. The van der Waals surface area contributed by atoms with Crippen molar-refractivity contribution in [1.82, 2.24) is 4.98 Å². The molecule has 2 rings (SSSR count). The number of hydrogen-bond acceptors (Lipinski definition) is 3. The topological polar surface area (TPSA) is 59.1 Å². The first kappa shape index (κ1) is 9.45. The Bertz CT molecular complexity index is 500. The van der Waals surface area contributed by atoms with Crippen LogP contribution in [0.3, 0.4) is 0 Å². The molecule has 0 bridgehead atoms. The summed E-state index contributed by atoms with van der Waals surface area (Å²) in [5.41, 5.74) is 7.03. The van der Waals surface area contributed by atoms with Gasteiger partial charge in [-0.05, 0) is 23.8 Å². The Kier molecular flexibility index (Phi) is 2.25. The highest BCUT2D eigenvalue weighted by Crippen LogP contribution is 2.27. The van der Waals surface area contributed by atoms with E-state index in [4.69, 9.17) is 5.73 Å². The van der Waals surface area contributed by atoms with E-state index in [9.17, 15) is 9.50 Å². The van der Waals surface area contributed by atoms with E-state index in [1.807, 2.05) is 0 Å². The van der Waals surface area contributed by atoms with E-state index >= 15 is 0 Å². The molecule has 0 atom stereocenters. The maximum Gasteiger partial charge on any atom is 0.142 e. The van der Waals surface area contributed by atoms with Gasteiger partial charge in [0.1, 0.15) is 11.6 Å². The summed E-state index contributed by atoms with van der Waals surface area (Å²) in [5.74, 6) is -0.430. The monoisotopic (exact) mass is 204 g/mol. The molecule has 0 saturated carbocycles. The molecular formula is C11H9FN2O. The molecule has 0 aliphatic carbocycles. The first-order chi connectivity index (χ1) is 7.16. The van der Waals surface area contributed by atoms with E-state index in [0.717, 1.165) is 6.20 Å². The molecule has 3 nitrogen and oxygen atoms in total. The first-order valence-electron chi connectivity index (χ1n) is 4.36. The molecule has 1 heterocycles. The quantitative estimate of drug-likeness (QED) is 0.552. The lowest BCUT2D eigenvalue weighted by Crippen LogP contribution is -1.87. The van der Waals surface area contributed by atoms with Crippen LogP contribution in [-0.4, -0.2) is 10.1 Å². The van der Waals surface area contributed by atoms with Crippen LogP contribution >= 0.6 is 0 Å². The number of hydrogen-bond donors (Lipinski definition) is 2. The summed E-state index contributed by atoms with van der Waals surface area (Å²) in [6.07, 6.45) is 2.65. The molecule has 2 aromatic rings. The van der Waals surface area contributed by atoms with E-state index in [1.165, 1.54) is 18.3 Å². The second-order valence-corrected chi connectivity index (χ2v) is 3.17. The molecule has 1 aromatic carbocycles. The van der Waals surface area contributed by atoms with Gasteiger partial charge in [0, 0.05) is 11.8 Å². The Balaban J connectivity index is 2.50. The summed E-state index contributed by atoms with van der Waals surface area (Å²) in [7, 11) is 0. The van der Waals surface area contributed by atoms with Gasteiger partial charge in [0.2, 0.25) is 0 Å². The summed E-state index contributed by atoms with van der Waals surface area (Å²) in [4.78, 5) is 3.72. The zero-order chi connectivity index (χ0) is 10.8. The molecule has 0 aliphatic rings. The van der Waals surface area contributed by atoms with E-state index in [1.54, 1.807) is 12.1 Å². The zero-order valence-electron chi connectivity index (χ0n) is 7.81. The van der Waals surface area contributed by atoms with Crippen molar-refractivity contribution in [3.63, 3.8) is 0 Å². The van der Waals surface area contributed by atoms with Crippen molar-refractivity contribution >= 4 is 5.69 Å². The van der Waals surface area contributed by atoms with E-state index in [0.29, 0.717) is 16.8 Å². The van der Waals surface area contributed by atoms with Crippen molar-refractivity contribution in [2.75, 3.05) is 5.73 Å². The molecule has 0 amide bonds. The molecule has 76 valence electrons. The zero-order valence-corrected chi connectivity index (χ0v) is 7.81. The van der Waals surface area contributed by atoms with Gasteiger partial charge in [0.25, 0.3) is 0 Å². The number of rotatable bonds is 1. The number of halogens is 1. The normalized spacial score (nSPS) is 10.2. The number of nitrogen functional groups attached to an aromatic ring is 1. The molecule has 15 heavy (non-hydrogen) atoms. The van der Waals surface area contributed by atoms with Crippen LogP contribution in [0.2, 0.25) is 0 Å². The number of anilines is 1. The van der Waals surface area contributed by atoms with Gasteiger partial charge in [-0.3, -0.25) is 4.98 Å². The third-order valence-electron chi connectivity index (χ3n) is 2.07. The minimum absolute atomic E-state index is 0.0169. The summed E-state index contributed by atoms with van der Waals surface area (Å²) in [6, 6.07) is 6.09. The van der Waals surface area contributed by atoms with Crippen molar-refractivity contribution in [2.24, 2.45) is 0 Å². The molecule has 4 heteroatoms. The second-order valence-electron chi connectivity index (χ2n) is 3.17. The third-order valence-corrected chi connectivity index (χ3v) is 2.07. The van der Waals surface area contributed by atoms with Crippen molar-refractivity contribution in [2.45, 2.75) is 0 Å². The van der Waals surface area contributed by atoms with Crippen molar-refractivity contribution in [3.8, 4) is 16.9 Å². The van der Waals surface area contributed by atoms with Crippen LogP contribution in [0.5, 0.6) is 5.75 Å². The molecule has 1 aromatic heterocycles. The molecular weight excluding hydrogens is 195 g/mol. The van der Waals surface area contributed by atoms with Gasteiger partial charge in [-0.15, -0.1) is 0 Å². The summed E-state index contributed by atoms with van der Waals surface area (Å²) < 4.78 is 12.9. The average molecular weight is 204 g/mol. The number of aromatic nitrogens is 1. The fraction of sp³-hybridized carbons (Fsp3) is 0. The number of phenols is 1. The molecule has 0 fully saturated rings. The number of benzene rings is 1. The molecule has 0 saturated heterocycles. The fourth-order valence-corrected chi connectivity index (χ4v) is 1.29. The van der Waals surface area contributed by atoms with Crippen LogP contribution in [0.1, 0.15) is 0 Å². The van der Waals surface area contributed by atoms with Gasteiger partial charge in [0.15, 0.2) is 0 Å². The minimum Gasteiger partial charge on any atom is -0.506 e. The van der Waals surface area contributed by atoms with E-state index in [2.05, 4.69) is 4.98 Å². The molecule has 0 unspecified atom stereocenters. The van der Waals surface area contributed by atoms with Gasteiger partial charge in [0.05, 0.1) is 11.9 Å².